The summed E-state index contributed by atoms with van der Waals surface area (Å²) >= 11 is 0. The molecule has 1 aliphatic heterocycles. The first kappa shape index (κ1) is 21.8. The Morgan fingerprint density at radius 2 is 1.91 bits per heavy atom. The van der Waals surface area contributed by atoms with Gasteiger partial charge in [-0.25, -0.2) is 0 Å². The summed E-state index contributed by atoms with van der Waals surface area (Å²) < 4.78 is 5.26. The van der Waals surface area contributed by atoms with E-state index in [1.165, 1.54) is 11.2 Å². The fraction of sp³-hybridized carbons (Fsp3) is 0.200. The number of oxime groups is 1. The lowest BCUT2D eigenvalue weighted by molar-refractivity contribution is -0.125. The minimum atomic E-state index is -0.734. The van der Waals surface area contributed by atoms with Gasteiger partial charge in [0.25, 0.3) is 5.91 Å². The second-order valence-electron chi connectivity index (χ2n) is 7.56. The van der Waals surface area contributed by atoms with Gasteiger partial charge in [0, 0.05) is 12.0 Å². The number of hydrogen-bond acceptors (Lipinski definition) is 6. The number of benzene rings is 2. The monoisotopic (exact) mass is 442 g/mol. The van der Waals surface area contributed by atoms with Crippen molar-refractivity contribution in [1.82, 2.24) is 10.2 Å². The summed E-state index contributed by atoms with van der Waals surface area (Å²) in [7, 11) is 0. The highest BCUT2D eigenvalue weighted by molar-refractivity contribution is 6.05. The highest BCUT2D eigenvalue weighted by Crippen LogP contribution is 2.20. The van der Waals surface area contributed by atoms with Crippen LogP contribution in [0.5, 0.6) is 0 Å². The topological polar surface area (TPSA) is 108 Å². The molecule has 2 aromatic carbocycles. The van der Waals surface area contributed by atoms with E-state index in [2.05, 4.69) is 10.5 Å². The standard InChI is InChI=1S/C25H22N4O4/c26-14-18-8-10-20(11-9-18)25(31)29-16-21(28-33-17-19-5-2-1-3-6-19)13-23(29)24(30)27-15-22-7-4-12-32-22/h1-12,23H,13,15-17H2,(H,27,30)/t23-/m0/s1. The van der Waals surface area contributed by atoms with Gasteiger partial charge >= 0.3 is 0 Å². The van der Waals surface area contributed by atoms with Gasteiger partial charge in [0.2, 0.25) is 5.91 Å². The van der Waals surface area contributed by atoms with Crippen LogP contribution in [-0.2, 0) is 22.8 Å². The van der Waals surface area contributed by atoms with Crippen LogP contribution in [0.1, 0.15) is 33.7 Å². The van der Waals surface area contributed by atoms with E-state index in [1.807, 2.05) is 36.4 Å². The Hall–Kier alpha value is -4.38. The van der Waals surface area contributed by atoms with E-state index in [-0.39, 0.29) is 31.3 Å². The molecule has 1 aromatic heterocycles. The predicted molar refractivity (Wildman–Crippen MR) is 120 cm³/mol. The average Bonchev–Trinajstić information content (AvgIpc) is 3.53. The molecule has 0 unspecified atom stereocenters. The lowest BCUT2D eigenvalue weighted by Gasteiger charge is -2.23. The number of nitrogens with zero attached hydrogens (tertiary/aromatic N) is 3. The van der Waals surface area contributed by atoms with E-state index in [1.54, 1.807) is 36.4 Å². The molecule has 0 bridgehead atoms. The number of amides is 2. The molecule has 0 spiro atoms. The molecule has 33 heavy (non-hydrogen) atoms. The van der Waals surface area contributed by atoms with Crippen molar-refractivity contribution in [2.24, 2.45) is 5.16 Å². The Morgan fingerprint density at radius 1 is 1.12 bits per heavy atom. The minimum absolute atomic E-state index is 0.173. The molecule has 8 heteroatoms. The zero-order valence-corrected chi connectivity index (χ0v) is 17.8. The summed E-state index contributed by atoms with van der Waals surface area (Å²) in [6, 6.07) is 20.7. The number of likely N-dealkylation sites (tertiary alicyclic amines) is 1. The van der Waals surface area contributed by atoms with Crippen LogP contribution in [0.3, 0.4) is 0 Å². The first-order chi connectivity index (χ1) is 16.1. The molecule has 8 nitrogen and oxygen atoms in total. The van der Waals surface area contributed by atoms with Crippen LogP contribution < -0.4 is 5.32 Å². The quantitative estimate of drug-likeness (QED) is 0.565. The molecule has 0 saturated carbocycles. The predicted octanol–water partition coefficient (Wildman–Crippen LogP) is 3.25. The summed E-state index contributed by atoms with van der Waals surface area (Å²) in [6.45, 7) is 0.688. The van der Waals surface area contributed by atoms with Crippen LogP contribution in [0.25, 0.3) is 0 Å². The Labute approximate surface area is 191 Å². The van der Waals surface area contributed by atoms with Crippen LogP contribution in [0, 0.1) is 11.3 Å². The number of nitrogens with one attached hydrogen (secondary N) is 1. The molecule has 3 aromatic rings. The van der Waals surface area contributed by atoms with Crippen molar-refractivity contribution >= 4 is 17.5 Å². The fourth-order valence-corrected chi connectivity index (χ4v) is 3.55. The molecule has 1 N–H and O–H groups in total. The van der Waals surface area contributed by atoms with Gasteiger partial charge in [0.1, 0.15) is 18.4 Å². The molecule has 2 heterocycles. The smallest absolute Gasteiger partial charge is 0.254 e. The summed E-state index contributed by atoms with van der Waals surface area (Å²) in [6.07, 6.45) is 1.80. The van der Waals surface area contributed by atoms with Gasteiger partial charge in [0.15, 0.2) is 0 Å². The number of hydrogen-bond donors (Lipinski definition) is 1. The van der Waals surface area contributed by atoms with Crippen LogP contribution in [0.4, 0.5) is 0 Å². The molecular formula is C25H22N4O4. The third kappa shape index (κ3) is 5.46. The molecule has 4 rings (SSSR count). The molecule has 2 amide bonds. The van der Waals surface area contributed by atoms with Gasteiger partial charge in [0.05, 0.1) is 36.7 Å². The summed E-state index contributed by atoms with van der Waals surface area (Å²) in [4.78, 5) is 33.1. The van der Waals surface area contributed by atoms with Crippen molar-refractivity contribution in [3.8, 4) is 6.07 Å². The summed E-state index contributed by atoms with van der Waals surface area (Å²) in [5, 5.41) is 16.0. The van der Waals surface area contributed by atoms with Gasteiger partial charge in [-0.05, 0) is 42.0 Å². The van der Waals surface area contributed by atoms with Gasteiger partial charge in [-0.3, -0.25) is 9.59 Å². The van der Waals surface area contributed by atoms with E-state index in [0.29, 0.717) is 29.2 Å². The zero-order chi connectivity index (χ0) is 23.0. The fourth-order valence-electron chi connectivity index (χ4n) is 3.55. The normalized spacial score (nSPS) is 16.4. The number of carbonyl (C=O) groups excluding carboxylic acids is 2. The molecule has 1 atom stereocenters. The number of nitriles is 1. The number of furan rings is 1. The molecule has 166 valence electrons. The van der Waals surface area contributed by atoms with Crippen molar-refractivity contribution in [1.29, 1.82) is 5.26 Å². The molecule has 0 aliphatic carbocycles. The second-order valence-corrected chi connectivity index (χ2v) is 7.56. The van der Waals surface area contributed by atoms with Crippen LogP contribution >= 0.6 is 0 Å². The number of rotatable bonds is 7. The van der Waals surface area contributed by atoms with E-state index < -0.39 is 6.04 Å². The SMILES string of the molecule is N#Cc1ccc(C(=O)N2CC(=NOCc3ccccc3)C[C@H]2C(=O)NCc2ccco2)cc1. The Balaban J connectivity index is 1.48. The Kier molecular flexibility index (Phi) is 6.81. The van der Waals surface area contributed by atoms with E-state index in [4.69, 9.17) is 14.5 Å². The van der Waals surface area contributed by atoms with Gasteiger partial charge in [-0.15, -0.1) is 0 Å². The van der Waals surface area contributed by atoms with Gasteiger partial charge in [-0.1, -0.05) is 35.5 Å². The van der Waals surface area contributed by atoms with E-state index in [9.17, 15) is 9.59 Å². The third-order valence-corrected chi connectivity index (χ3v) is 5.27. The number of carbonyl (C=O) groups is 2. The second kappa shape index (κ2) is 10.3. The first-order valence-corrected chi connectivity index (χ1v) is 10.5. The Bertz CT molecular complexity index is 1170. The third-order valence-electron chi connectivity index (χ3n) is 5.27. The lowest BCUT2D eigenvalue weighted by Crippen LogP contribution is -2.45. The summed E-state index contributed by atoms with van der Waals surface area (Å²) in [5.74, 6) is -0.000970. The van der Waals surface area contributed by atoms with Crippen LogP contribution in [0.15, 0.2) is 82.6 Å². The zero-order valence-electron chi connectivity index (χ0n) is 17.8. The molecule has 1 saturated heterocycles. The highest BCUT2D eigenvalue weighted by Gasteiger charge is 2.38. The van der Waals surface area contributed by atoms with Crippen LogP contribution in [0.2, 0.25) is 0 Å². The molecule has 1 aliphatic rings. The maximum Gasteiger partial charge on any atom is 0.254 e. The largest absolute Gasteiger partial charge is 0.467 e. The lowest BCUT2D eigenvalue weighted by atomic mass is 10.1. The molecule has 1 fully saturated rings. The van der Waals surface area contributed by atoms with Gasteiger partial charge in [-0.2, -0.15) is 5.26 Å². The van der Waals surface area contributed by atoms with Crippen LogP contribution in [-0.4, -0.2) is 35.0 Å². The Morgan fingerprint density at radius 3 is 2.61 bits per heavy atom. The molecular weight excluding hydrogens is 420 g/mol. The average molecular weight is 442 g/mol. The van der Waals surface area contributed by atoms with Crippen molar-refractivity contribution in [3.63, 3.8) is 0 Å². The summed E-state index contributed by atoms with van der Waals surface area (Å²) in [5.41, 5.74) is 2.42. The minimum Gasteiger partial charge on any atom is -0.467 e. The van der Waals surface area contributed by atoms with Crippen molar-refractivity contribution in [2.45, 2.75) is 25.6 Å². The van der Waals surface area contributed by atoms with Gasteiger partial charge < -0.3 is 19.5 Å². The van der Waals surface area contributed by atoms with Crippen molar-refractivity contribution in [3.05, 3.63) is 95.4 Å². The van der Waals surface area contributed by atoms with Crippen molar-refractivity contribution in [2.75, 3.05) is 6.54 Å². The van der Waals surface area contributed by atoms with E-state index in [0.717, 1.165) is 5.56 Å². The highest BCUT2D eigenvalue weighted by atomic mass is 16.6. The maximum absolute atomic E-state index is 13.2. The van der Waals surface area contributed by atoms with E-state index >= 15 is 0 Å². The van der Waals surface area contributed by atoms with Crippen molar-refractivity contribution < 1.29 is 18.8 Å². The molecule has 0 radical (unpaired) electrons. The maximum atomic E-state index is 13.2. The first-order valence-electron chi connectivity index (χ1n) is 10.5.